The third-order valence-electron chi connectivity index (χ3n) is 3.69. The predicted molar refractivity (Wildman–Crippen MR) is 88.8 cm³/mol. The lowest BCUT2D eigenvalue weighted by Gasteiger charge is -2.34. The number of rotatable bonds is 4. The number of fused-ring (bicyclic) bond motifs is 1. The third-order valence-corrected chi connectivity index (χ3v) is 3.69. The summed E-state index contributed by atoms with van der Waals surface area (Å²) in [6, 6.07) is 6.87. The number of benzene rings is 1. The number of hydrogen-bond donors (Lipinski definition) is 0. The maximum Gasteiger partial charge on any atom is 0.414 e. The number of aryl methyl sites for hydroxylation is 1. The molecule has 1 unspecified atom stereocenters. The van der Waals surface area contributed by atoms with Crippen molar-refractivity contribution < 1.29 is 23.5 Å². The van der Waals surface area contributed by atoms with Crippen LogP contribution in [0, 0.1) is 0 Å². The first kappa shape index (κ1) is 18.2. The van der Waals surface area contributed by atoms with Crippen molar-refractivity contribution in [1.82, 2.24) is 0 Å². The van der Waals surface area contributed by atoms with Gasteiger partial charge in [0.1, 0.15) is 18.9 Å². The number of carbonyl (C=O) groups excluding carboxylic acids is 2. The van der Waals surface area contributed by atoms with Crippen molar-refractivity contribution in [3.05, 3.63) is 29.8 Å². The summed E-state index contributed by atoms with van der Waals surface area (Å²) in [5, 5.41) is 0. The van der Waals surface area contributed by atoms with Gasteiger partial charge in [-0.05, 0) is 45.2 Å². The van der Waals surface area contributed by atoms with E-state index in [0.29, 0.717) is 12.1 Å². The van der Waals surface area contributed by atoms with Crippen molar-refractivity contribution >= 4 is 17.7 Å². The van der Waals surface area contributed by atoms with E-state index in [1.165, 1.54) is 4.90 Å². The quantitative estimate of drug-likeness (QED) is 0.787. The fourth-order valence-corrected chi connectivity index (χ4v) is 2.68. The average Bonchev–Trinajstić information content (AvgIpc) is 2.51. The highest BCUT2D eigenvalue weighted by atomic mass is 19.1. The molecule has 2 rings (SSSR count). The van der Waals surface area contributed by atoms with E-state index in [1.807, 2.05) is 12.1 Å². The molecule has 1 amide bonds. The Labute approximate surface area is 141 Å². The Bertz CT molecular complexity index is 597. The molecule has 6 heteroatoms. The van der Waals surface area contributed by atoms with Crippen molar-refractivity contribution in [2.75, 3.05) is 18.2 Å². The molecule has 0 bridgehead atoms. The molecule has 0 spiro atoms. The summed E-state index contributed by atoms with van der Waals surface area (Å²) in [6.07, 6.45) is 0.619. The molecule has 0 aromatic heterocycles. The minimum Gasteiger partial charge on any atom is -0.460 e. The first-order valence-corrected chi connectivity index (χ1v) is 8.13. The zero-order valence-corrected chi connectivity index (χ0v) is 14.4. The zero-order valence-electron chi connectivity index (χ0n) is 14.4. The van der Waals surface area contributed by atoms with E-state index in [0.717, 1.165) is 12.0 Å². The lowest BCUT2D eigenvalue weighted by molar-refractivity contribution is -0.155. The monoisotopic (exact) mass is 337 g/mol. The van der Waals surface area contributed by atoms with Gasteiger partial charge in [-0.1, -0.05) is 18.2 Å². The Morgan fingerprint density at radius 1 is 1.29 bits per heavy atom. The predicted octanol–water partition coefficient (Wildman–Crippen LogP) is 3.65. The second-order valence-electron chi connectivity index (χ2n) is 6.80. The van der Waals surface area contributed by atoms with Gasteiger partial charge in [-0.2, -0.15) is 0 Å². The number of anilines is 1. The van der Waals surface area contributed by atoms with E-state index in [2.05, 4.69) is 0 Å². The summed E-state index contributed by atoms with van der Waals surface area (Å²) in [5.74, 6) is -0.434. The number of para-hydroxylation sites is 1. The van der Waals surface area contributed by atoms with Gasteiger partial charge in [0.05, 0.1) is 18.2 Å². The van der Waals surface area contributed by atoms with E-state index in [1.54, 1.807) is 32.9 Å². The molecule has 1 aliphatic rings. The maximum atomic E-state index is 13.3. The molecule has 0 saturated heterocycles. The molecule has 0 fully saturated rings. The SMILES string of the molecule is CC(C)(C)OC(=O)CCOC(=O)N1c2ccccc2CCC1CF. The number of carbonyl (C=O) groups is 2. The van der Waals surface area contributed by atoms with Gasteiger partial charge in [-0.15, -0.1) is 0 Å². The van der Waals surface area contributed by atoms with Crippen LogP contribution in [-0.2, 0) is 20.7 Å². The second kappa shape index (κ2) is 7.64. The Hall–Kier alpha value is -2.11. The fourth-order valence-electron chi connectivity index (χ4n) is 2.68. The smallest absolute Gasteiger partial charge is 0.414 e. The van der Waals surface area contributed by atoms with Crippen LogP contribution in [-0.4, -0.2) is 37.0 Å². The fraction of sp³-hybridized carbons (Fsp3) is 0.556. The van der Waals surface area contributed by atoms with Gasteiger partial charge in [0.25, 0.3) is 0 Å². The standard InChI is InChI=1S/C18H24FNO4/c1-18(2,3)24-16(21)10-11-23-17(22)20-14(12-19)9-8-13-6-4-5-7-15(13)20/h4-7,14H,8-12H2,1-3H3. The van der Waals surface area contributed by atoms with E-state index in [4.69, 9.17) is 9.47 Å². The number of amides is 1. The van der Waals surface area contributed by atoms with Crippen LogP contribution in [0.3, 0.4) is 0 Å². The lowest BCUT2D eigenvalue weighted by atomic mass is 9.97. The van der Waals surface area contributed by atoms with Gasteiger partial charge < -0.3 is 9.47 Å². The van der Waals surface area contributed by atoms with Crippen LogP contribution >= 0.6 is 0 Å². The lowest BCUT2D eigenvalue weighted by Crippen LogP contribution is -2.45. The molecule has 5 nitrogen and oxygen atoms in total. The summed E-state index contributed by atoms with van der Waals surface area (Å²) in [4.78, 5) is 25.4. The van der Waals surface area contributed by atoms with Gasteiger partial charge in [0, 0.05) is 0 Å². The van der Waals surface area contributed by atoms with Crippen LogP contribution in [0.4, 0.5) is 14.9 Å². The molecule has 1 aromatic carbocycles. The number of nitrogens with zero attached hydrogens (tertiary/aromatic N) is 1. The maximum absolute atomic E-state index is 13.3. The molecule has 0 aliphatic carbocycles. The van der Waals surface area contributed by atoms with Crippen molar-refractivity contribution in [2.24, 2.45) is 0 Å². The molecule has 1 heterocycles. The van der Waals surface area contributed by atoms with E-state index in [9.17, 15) is 14.0 Å². The molecule has 132 valence electrons. The van der Waals surface area contributed by atoms with Gasteiger partial charge in [0.2, 0.25) is 0 Å². The van der Waals surface area contributed by atoms with Crippen molar-refractivity contribution in [2.45, 2.75) is 51.7 Å². The normalized spacial score (nSPS) is 17.2. The molecule has 0 saturated carbocycles. The molecular weight excluding hydrogens is 313 g/mol. The third kappa shape index (κ3) is 4.69. The molecular formula is C18H24FNO4. The number of ether oxygens (including phenoxy) is 2. The highest BCUT2D eigenvalue weighted by Gasteiger charge is 2.32. The molecule has 1 aromatic rings. The number of halogens is 1. The molecule has 24 heavy (non-hydrogen) atoms. The minimum absolute atomic E-state index is 0.0290. The Kier molecular flexibility index (Phi) is 5.80. The molecule has 1 aliphatic heterocycles. The van der Waals surface area contributed by atoms with E-state index < -0.39 is 30.4 Å². The summed E-state index contributed by atoms with van der Waals surface area (Å²) < 4.78 is 23.6. The molecule has 0 N–H and O–H groups in total. The number of alkyl halides is 1. The number of hydrogen-bond acceptors (Lipinski definition) is 4. The Morgan fingerprint density at radius 2 is 2.00 bits per heavy atom. The highest BCUT2D eigenvalue weighted by Crippen LogP contribution is 2.31. The van der Waals surface area contributed by atoms with Crippen LogP contribution in [0.25, 0.3) is 0 Å². The van der Waals surface area contributed by atoms with Crippen molar-refractivity contribution in [3.63, 3.8) is 0 Å². The van der Waals surface area contributed by atoms with Gasteiger partial charge in [0.15, 0.2) is 0 Å². The van der Waals surface area contributed by atoms with Crippen LogP contribution in [0.15, 0.2) is 24.3 Å². The van der Waals surface area contributed by atoms with Gasteiger partial charge in [-0.25, -0.2) is 9.18 Å². The Balaban J connectivity index is 1.97. The minimum atomic E-state index is -0.631. The summed E-state index contributed by atoms with van der Waals surface area (Å²) >= 11 is 0. The number of esters is 1. The largest absolute Gasteiger partial charge is 0.460 e. The first-order valence-electron chi connectivity index (χ1n) is 8.13. The van der Waals surface area contributed by atoms with Gasteiger partial charge >= 0.3 is 12.1 Å². The highest BCUT2D eigenvalue weighted by molar-refractivity contribution is 5.90. The summed E-state index contributed by atoms with van der Waals surface area (Å²) in [5.41, 5.74) is 1.09. The van der Waals surface area contributed by atoms with E-state index >= 15 is 0 Å². The van der Waals surface area contributed by atoms with Crippen LogP contribution in [0.1, 0.15) is 39.2 Å². The van der Waals surface area contributed by atoms with E-state index in [-0.39, 0.29) is 13.0 Å². The molecule has 0 radical (unpaired) electrons. The molecule has 1 atom stereocenters. The summed E-state index contributed by atoms with van der Waals surface area (Å²) in [7, 11) is 0. The first-order chi connectivity index (χ1) is 11.3. The summed E-state index contributed by atoms with van der Waals surface area (Å²) in [6.45, 7) is 4.59. The second-order valence-corrected chi connectivity index (χ2v) is 6.80. The van der Waals surface area contributed by atoms with Crippen LogP contribution in [0.2, 0.25) is 0 Å². The van der Waals surface area contributed by atoms with Crippen LogP contribution in [0.5, 0.6) is 0 Å². The van der Waals surface area contributed by atoms with Gasteiger partial charge in [-0.3, -0.25) is 9.69 Å². The average molecular weight is 337 g/mol. The zero-order chi connectivity index (χ0) is 17.7. The van der Waals surface area contributed by atoms with Crippen molar-refractivity contribution in [1.29, 1.82) is 0 Å². The Morgan fingerprint density at radius 3 is 2.67 bits per heavy atom. The van der Waals surface area contributed by atoms with Crippen molar-refractivity contribution in [3.8, 4) is 0 Å². The topological polar surface area (TPSA) is 55.8 Å². The van der Waals surface area contributed by atoms with Crippen LogP contribution < -0.4 is 4.90 Å².